The van der Waals surface area contributed by atoms with Crippen molar-refractivity contribution in [1.29, 1.82) is 5.26 Å². The number of carboxylic acids is 1. The van der Waals surface area contributed by atoms with E-state index in [4.69, 9.17) is 10.4 Å². The molecule has 1 rings (SSSR count). The van der Waals surface area contributed by atoms with Crippen molar-refractivity contribution in [2.24, 2.45) is 0 Å². The standard InChI is InChI=1S/C13H15N3O3/c1-9(2)16(8-4-6-14)12(17)11-10(13(18)19)5-3-7-15-11/h3,5,7,9H,4,8H2,1-2H3,(H,18,19). The van der Waals surface area contributed by atoms with Crippen molar-refractivity contribution in [3.8, 4) is 6.07 Å². The van der Waals surface area contributed by atoms with E-state index in [0.29, 0.717) is 0 Å². The number of nitriles is 1. The van der Waals surface area contributed by atoms with E-state index in [1.165, 1.54) is 23.2 Å². The van der Waals surface area contributed by atoms with E-state index in [1.54, 1.807) is 13.8 Å². The molecule has 0 unspecified atom stereocenters. The molecule has 0 bridgehead atoms. The molecule has 0 fully saturated rings. The molecule has 0 saturated heterocycles. The van der Waals surface area contributed by atoms with Crippen LogP contribution in [0.15, 0.2) is 18.3 Å². The summed E-state index contributed by atoms with van der Waals surface area (Å²) in [4.78, 5) is 28.7. The number of amides is 1. The maximum Gasteiger partial charge on any atom is 0.338 e. The third-order valence-corrected chi connectivity index (χ3v) is 2.59. The normalized spacial score (nSPS) is 10.0. The Kier molecular flexibility index (Phi) is 5.01. The van der Waals surface area contributed by atoms with Gasteiger partial charge in [-0.25, -0.2) is 4.79 Å². The number of rotatable bonds is 5. The lowest BCUT2D eigenvalue weighted by Crippen LogP contribution is -2.38. The van der Waals surface area contributed by atoms with Gasteiger partial charge in [-0.3, -0.25) is 9.78 Å². The Morgan fingerprint density at radius 1 is 1.53 bits per heavy atom. The zero-order valence-electron chi connectivity index (χ0n) is 10.8. The summed E-state index contributed by atoms with van der Waals surface area (Å²) in [6.45, 7) is 3.86. The quantitative estimate of drug-likeness (QED) is 0.867. The Hall–Kier alpha value is -2.42. The van der Waals surface area contributed by atoms with Gasteiger partial charge in [-0.2, -0.15) is 5.26 Å². The Bertz CT molecular complexity index is 520. The highest BCUT2D eigenvalue weighted by Gasteiger charge is 2.24. The van der Waals surface area contributed by atoms with Crippen LogP contribution in [0, 0.1) is 11.3 Å². The number of pyridine rings is 1. The second-order valence-electron chi connectivity index (χ2n) is 4.21. The van der Waals surface area contributed by atoms with Crippen LogP contribution in [0.5, 0.6) is 0 Å². The molecule has 0 radical (unpaired) electrons. The van der Waals surface area contributed by atoms with E-state index in [-0.39, 0.29) is 30.3 Å². The van der Waals surface area contributed by atoms with E-state index in [0.717, 1.165) is 0 Å². The van der Waals surface area contributed by atoms with Crippen molar-refractivity contribution in [3.63, 3.8) is 0 Å². The van der Waals surface area contributed by atoms with Crippen molar-refractivity contribution >= 4 is 11.9 Å². The molecule has 6 nitrogen and oxygen atoms in total. The second-order valence-corrected chi connectivity index (χ2v) is 4.21. The van der Waals surface area contributed by atoms with E-state index in [9.17, 15) is 9.59 Å². The second kappa shape index (κ2) is 6.50. The molecule has 1 N–H and O–H groups in total. The van der Waals surface area contributed by atoms with Gasteiger partial charge in [-0.15, -0.1) is 0 Å². The highest BCUT2D eigenvalue weighted by molar-refractivity contribution is 6.03. The molecule has 0 saturated carbocycles. The predicted molar refractivity (Wildman–Crippen MR) is 67.6 cm³/mol. The molecule has 1 aromatic rings. The molecule has 0 aromatic carbocycles. The minimum absolute atomic E-state index is 0.0957. The number of aromatic nitrogens is 1. The molecule has 0 atom stereocenters. The molecule has 0 spiro atoms. The third kappa shape index (κ3) is 3.52. The Labute approximate surface area is 111 Å². The molecule has 0 aliphatic heterocycles. The number of carboxylic acid groups (broad SMARTS) is 1. The Balaban J connectivity index is 3.10. The summed E-state index contributed by atoms with van der Waals surface area (Å²) in [6.07, 6.45) is 1.57. The summed E-state index contributed by atoms with van der Waals surface area (Å²) in [5, 5.41) is 17.6. The average Bonchev–Trinajstić information content (AvgIpc) is 2.38. The predicted octanol–water partition coefficient (Wildman–Crippen LogP) is 1.54. The van der Waals surface area contributed by atoms with E-state index in [1.807, 2.05) is 6.07 Å². The molecular formula is C13H15N3O3. The van der Waals surface area contributed by atoms with Crippen molar-refractivity contribution in [2.45, 2.75) is 26.3 Å². The van der Waals surface area contributed by atoms with Gasteiger partial charge in [0.05, 0.1) is 18.1 Å². The largest absolute Gasteiger partial charge is 0.478 e. The molecule has 1 amide bonds. The van der Waals surface area contributed by atoms with E-state index in [2.05, 4.69) is 4.98 Å². The van der Waals surface area contributed by atoms with Crippen LogP contribution in [-0.2, 0) is 0 Å². The Morgan fingerprint density at radius 3 is 2.74 bits per heavy atom. The molecule has 1 heterocycles. The molecule has 0 aliphatic rings. The number of nitrogens with zero attached hydrogens (tertiary/aromatic N) is 3. The van der Waals surface area contributed by atoms with Crippen molar-refractivity contribution in [2.75, 3.05) is 6.54 Å². The third-order valence-electron chi connectivity index (χ3n) is 2.59. The number of carbonyl (C=O) groups is 2. The Morgan fingerprint density at radius 2 is 2.21 bits per heavy atom. The summed E-state index contributed by atoms with van der Waals surface area (Å²) in [5.74, 6) is -1.66. The zero-order chi connectivity index (χ0) is 14.4. The fraction of sp³-hybridized carbons (Fsp3) is 0.385. The highest BCUT2D eigenvalue weighted by Crippen LogP contribution is 2.12. The average molecular weight is 261 g/mol. The summed E-state index contributed by atoms with van der Waals surface area (Å²) < 4.78 is 0. The molecule has 19 heavy (non-hydrogen) atoms. The molecular weight excluding hydrogens is 246 g/mol. The first-order valence-corrected chi connectivity index (χ1v) is 5.85. The summed E-state index contributed by atoms with van der Waals surface area (Å²) in [6, 6.07) is 4.64. The smallest absolute Gasteiger partial charge is 0.338 e. The number of hydrogen-bond donors (Lipinski definition) is 1. The van der Waals surface area contributed by atoms with Gasteiger partial charge < -0.3 is 10.0 Å². The van der Waals surface area contributed by atoms with Gasteiger partial charge in [0.2, 0.25) is 0 Å². The van der Waals surface area contributed by atoms with Crippen LogP contribution in [0.25, 0.3) is 0 Å². The first kappa shape index (κ1) is 14.6. The topological polar surface area (TPSA) is 94.3 Å². The number of aromatic carboxylic acids is 1. The van der Waals surface area contributed by atoms with Gasteiger partial charge >= 0.3 is 5.97 Å². The maximum absolute atomic E-state index is 12.3. The first-order valence-electron chi connectivity index (χ1n) is 5.85. The van der Waals surface area contributed by atoms with Gasteiger partial charge in [-0.05, 0) is 26.0 Å². The van der Waals surface area contributed by atoms with Crippen molar-refractivity contribution < 1.29 is 14.7 Å². The number of hydrogen-bond acceptors (Lipinski definition) is 4. The van der Waals surface area contributed by atoms with Crippen LogP contribution in [0.4, 0.5) is 0 Å². The molecule has 1 aromatic heterocycles. The van der Waals surface area contributed by atoms with Gasteiger partial charge in [0.15, 0.2) is 0 Å². The lowest BCUT2D eigenvalue weighted by molar-refractivity contribution is 0.0655. The van der Waals surface area contributed by atoms with Crippen molar-refractivity contribution in [3.05, 3.63) is 29.6 Å². The van der Waals surface area contributed by atoms with Gasteiger partial charge in [0.25, 0.3) is 5.91 Å². The SMILES string of the molecule is CC(C)N(CCC#N)C(=O)c1ncccc1C(=O)O. The molecule has 6 heteroatoms. The van der Waals surface area contributed by atoms with E-state index < -0.39 is 11.9 Å². The maximum atomic E-state index is 12.3. The van der Waals surface area contributed by atoms with Gasteiger partial charge in [0, 0.05) is 18.8 Å². The summed E-state index contributed by atoms with van der Waals surface area (Å²) in [7, 11) is 0. The number of carbonyl (C=O) groups excluding carboxylic acids is 1. The molecule has 0 aliphatic carbocycles. The minimum Gasteiger partial charge on any atom is -0.478 e. The van der Waals surface area contributed by atoms with Crippen LogP contribution in [0.1, 0.15) is 41.1 Å². The monoisotopic (exact) mass is 261 g/mol. The van der Waals surface area contributed by atoms with Crippen LogP contribution in [0.3, 0.4) is 0 Å². The fourth-order valence-electron chi connectivity index (χ4n) is 1.65. The van der Waals surface area contributed by atoms with Crippen LogP contribution in [-0.4, -0.2) is 39.5 Å². The van der Waals surface area contributed by atoms with Crippen LogP contribution >= 0.6 is 0 Å². The van der Waals surface area contributed by atoms with Gasteiger partial charge in [0.1, 0.15) is 5.69 Å². The lowest BCUT2D eigenvalue weighted by Gasteiger charge is -2.25. The summed E-state index contributed by atoms with van der Waals surface area (Å²) >= 11 is 0. The first-order chi connectivity index (χ1) is 8.99. The lowest BCUT2D eigenvalue weighted by atomic mass is 10.1. The molecule has 100 valence electrons. The van der Waals surface area contributed by atoms with Crippen molar-refractivity contribution in [1.82, 2.24) is 9.88 Å². The van der Waals surface area contributed by atoms with Crippen LogP contribution in [0.2, 0.25) is 0 Å². The fourth-order valence-corrected chi connectivity index (χ4v) is 1.65. The van der Waals surface area contributed by atoms with Gasteiger partial charge in [-0.1, -0.05) is 0 Å². The van der Waals surface area contributed by atoms with E-state index >= 15 is 0 Å². The highest BCUT2D eigenvalue weighted by atomic mass is 16.4. The van der Waals surface area contributed by atoms with Crippen LogP contribution < -0.4 is 0 Å². The summed E-state index contributed by atoms with van der Waals surface area (Å²) in [5.41, 5.74) is -0.225. The zero-order valence-corrected chi connectivity index (χ0v) is 10.8. The minimum atomic E-state index is -1.19.